The van der Waals surface area contributed by atoms with E-state index in [9.17, 15) is 0 Å². The first-order valence-corrected chi connectivity index (χ1v) is 6.93. The maximum atomic E-state index is 8.37. The number of aromatic nitrogens is 1. The summed E-state index contributed by atoms with van der Waals surface area (Å²) in [6.45, 7) is -1.60. The first-order chi connectivity index (χ1) is 13.3. The van der Waals surface area contributed by atoms with Crippen LogP contribution in [0.25, 0.3) is 20.3 Å². The molecular formula is C18H16N2S. The third-order valence-electron chi connectivity index (χ3n) is 2.97. The molecule has 0 aliphatic rings. The SMILES string of the molecule is [2H]/C(C(=C)C([2H])([2H])[2H])=C(\[2H])C(=N)c1cccc2c1sc1nc(C([2H])([2H])[2H])ccc12. The van der Waals surface area contributed by atoms with E-state index in [1.54, 1.807) is 24.3 Å². The van der Waals surface area contributed by atoms with E-state index in [1.165, 1.54) is 17.4 Å². The van der Waals surface area contributed by atoms with Crippen molar-refractivity contribution in [2.24, 2.45) is 0 Å². The summed E-state index contributed by atoms with van der Waals surface area (Å²) in [6, 6.07) is 7.04. The molecule has 2 heterocycles. The lowest BCUT2D eigenvalue weighted by atomic mass is 10.1. The number of rotatable bonds is 3. The predicted octanol–water partition coefficient (Wildman–Crippen LogP) is 5.26. The molecule has 0 saturated carbocycles. The maximum Gasteiger partial charge on any atom is 0.124 e. The van der Waals surface area contributed by atoms with Gasteiger partial charge in [0.05, 0.1) is 8.45 Å². The molecule has 0 saturated heterocycles. The summed E-state index contributed by atoms with van der Waals surface area (Å²) in [5, 5.41) is 9.83. The zero-order valence-corrected chi connectivity index (χ0v) is 11.8. The van der Waals surface area contributed by atoms with Gasteiger partial charge in [-0.1, -0.05) is 36.4 Å². The minimum atomic E-state index is -2.62. The third kappa shape index (κ3) is 2.52. The number of nitrogens with one attached hydrogen (secondary N) is 1. The van der Waals surface area contributed by atoms with Crippen molar-refractivity contribution in [1.82, 2.24) is 4.98 Å². The number of allylic oxidation sites excluding steroid dienone is 3. The molecule has 0 aliphatic carbocycles. The number of fused-ring (bicyclic) bond motifs is 3. The van der Waals surface area contributed by atoms with Gasteiger partial charge in [-0.15, -0.1) is 11.3 Å². The molecule has 104 valence electrons. The van der Waals surface area contributed by atoms with E-state index in [2.05, 4.69) is 11.6 Å². The summed E-state index contributed by atoms with van der Waals surface area (Å²) in [5.74, 6) is 0. The van der Waals surface area contributed by atoms with Crippen LogP contribution in [0.5, 0.6) is 0 Å². The molecule has 0 unspecified atom stereocenters. The van der Waals surface area contributed by atoms with E-state index in [0.717, 1.165) is 10.8 Å². The van der Waals surface area contributed by atoms with E-state index in [0.29, 0.717) is 15.1 Å². The van der Waals surface area contributed by atoms with E-state index >= 15 is 0 Å². The maximum absolute atomic E-state index is 8.37. The Kier molecular flexibility index (Phi) is 1.79. The number of pyridine rings is 1. The zero-order chi connectivity index (χ0) is 21.7. The molecule has 3 rings (SSSR count). The molecule has 0 atom stereocenters. The fourth-order valence-electron chi connectivity index (χ4n) is 2.08. The second-order valence-corrected chi connectivity index (χ2v) is 5.44. The minimum Gasteiger partial charge on any atom is -0.300 e. The summed E-state index contributed by atoms with van der Waals surface area (Å²) in [6.07, 6.45) is 0. The van der Waals surface area contributed by atoms with Gasteiger partial charge in [-0.25, -0.2) is 4.98 Å². The molecule has 21 heavy (non-hydrogen) atoms. The van der Waals surface area contributed by atoms with E-state index in [-0.39, 0.29) is 11.4 Å². The van der Waals surface area contributed by atoms with Gasteiger partial charge in [0, 0.05) is 35.0 Å². The fraction of sp³-hybridized carbons (Fsp3) is 0.111. The van der Waals surface area contributed by atoms with Gasteiger partial charge in [-0.2, -0.15) is 0 Å². The Bertz CT molecular complexity index is 1180. The number of hydrogen-bond donors (Lipinski definition) is 1. The van der Waals surface area contributed by atoms with Crippen LogP contribution >= 0.6 is 11.3 Å². The highest BCUT2D eigenvalue weighted by Gasteiger charge is 2.11. The van der Waals surface area contributed by atoms with Crippen LogP contribution in [-0.2, 0) is 0 Å². The van der Waals surface area contributed by atoms with Crippen LogP contribution in [0.15, 0.2) is 54.6 Å². The second kappa shape index (κ2) is 5.26. The average Bonchev–Trinajstić information content (AvgIpc) is 3.02. The summed E-state index contributed by atoms with van der Waals surface area (Å²) in [5.41, 5.74) is -0.501. The molecule has 1 N–H and O–H groups in total. The Balaban J connectivity index is 2.17. The van der Waals surface area contributed by atoms with Crippen LogP contribution < -0.4 is 0 Å². The number of benzene rings is 1. The smallest absolute Gasteiger partial charge is 0.124 e. The Labute approximate surface area is 139 Å². The molecule has 0 bridgehead atoms. The standard InChI is InChI=1S/C18H16N2S/c1-11(2)7-10-16(19)15-6-4-5-13-14-9-8-12(3)20-18(14)21-17(13)15/h4-10,19H,1H2,2-3H3/b10-7-,19-16?/i2D3,3D3,7D,10D. The fourth-order valence-corrected chi connectivity index (χ4v) is 3.27. The first kappa shape index (κ1) is 7.14. The molecular weight excluding hydrogens is 276 g/mol. The minimum absolute atomic E-state index is 0.0309. The van der Waals surface area contributed by atoms with Crippen LogP contribution in [0, 0.1) is 12.3 Å². The summed E-state index contributed by atoms with van der Waals surface area (Å²) in [4.78, 5) is 4.71. The van der Waals surface area contributed by atoms with Crippen molar-refractivity contribution in [1.29, 1.82) is 5.41 Å². The van der Waals surface area contributed by atoms with E-state index in [1.807, 2.05) is 0 Å². The molecule has 0 aliphatic heterocycles. The van der Waals surface area contributed by atoms with Gasteiger partial charge >= 0.3 is 0 Å². The lowest BCUT2D eigenvalue weighted by Gasteiger charge is -2.01. The van der Waals surface area contributed by atoms with Crippen molar-refractivity contribution < 1.29 is 11.0 Å². The lowest BCUT2D eigenvalue weighted by molar-refractivity contribution is 1.27. The van der Waals surface area contributed by atoms with Crippen molar-refractivity contribution in [3.8, 4) is 0 Å². The summed E-state index contributed by atoms with van der Waals surface area (Å²) >= 11 is 1.19. The molecule has 1 aromatic carbocycles. The van der Waals surface area contributed by atoms with Gasteiger partial charge in [0.2, 0.25) is 0 Å². The highest BCUT2D eigenvalue weighted by atomic mass is 32.1. The van der Waals surface area contributed by atoms with Crippen LogP contribution in [0.2, 0.25) is 0 Å². The Morgan fingerprint density at radius 1 is 1.33 bits per heavy atom. The van der Waals surface area contributed by atoms with Gasteiger partial charge < -0.3 is 5.41 Å². The second-order valence-electron chi connectivity index (χ2n) is 4.44. The summed E-state index contributed by atoms with van der Waals surface area (Å²) < 4.78 is 61.3. The molecule has 3 aromatic rings. The highest BCUT2D eigenvalue weighted by molar-refractivity contribution is 7.25. The number of nitrogens with zero attached hydrogens (tertiary/aromatic N) is 1. The van der Waals surface area contributed by atoms with E-state index in [4.69, 9.17) is 16.4 Å². The zero-order valence-electron chi connectivity index (χ0n) is 18.9. The molecule has 0 spiro atoms. The van der Waals surface area contributed by atoms with Crippen molar-refractivity contribution in [3.63, 3.8) is 0 Å². The van der Waals surface area contributed by atoms with Crippen LogP contribution in [0.3, 0.4) is 0 Å². The van der Waals surface area contributed by atoms with Gasteiger partial charge in [0.25, 0.3) is 0 Å². The topological polar surface area (TPSA) is 36.7 Å². The molecule has 3 heteroatoms. The number of aryl methyl sites for hydroxylation is 1. The number of thiophene rings is 1. The molecule has 2 nitrogen and oxygen atoms in total. The van der Waals surface area contributed by atoms with Crippen molar-refractivity contribution in [2.75, 3.05) is 0 Å². The normalized spacial score (nSPS) is 19.2. The Hall–Kier alpha value is -2.26. The van der Waals surface area contributed by atoms with Crippen molar-refractivity contribution in [3.05, 3.63) is 65.8 Å². The molecule has 0 fully saturated rings. The first-order valence-electron chi connectivity index (χ1n) is 10.1. The molecule has 0 amide bonds. The van der Waals surface area contributed by atoms with Crippen LogP contribution in [-0.4, -0.2) is 10.7 Å². The molecule has 2 aromatic heterocycles. The monoisotopic (exact) mass is 300 g/mol. The van der Waals surface area contributed by atoms with E-state index < -0.39 is 31.4 Å². The van der Waals surface area contributed by atoms with Crippen LogP contribution in [0.4, 0.5) is 0 Å². The molecule has 0 radical (unpaired) electrons. The largest absolute Gasteiger partial charge is 0.300 e. The Morgan fingerprint density at radius 3 is 3.05 bits per heavy atom. The highest BCUT2D eigenvalue weighted by Crippen LogP contribution is 2.35. The Morgan fingerprint density at radius 2 is 2.24 bits per heavy atom. The predicted molar refractivity (Wildman–Crippen MR) is 92.6 cm³/mol. The lowest BCUT2D eigenvalue weighted by Crippen LogP contribution is -1.94. The van der Waals surface area contributed by atoms with Crippen LogP contribution in [0.1, 0.15) is 29.1 Å². The number of hydrogen-bond acceptors (Lipinski definition) is 3. The average molecular weight is 300 g/mol. The van der Waals surface area contributed by atoms with Crippen molar-refractivity contribution in [2.45, 2.75) is 13.7 Å². The van der Waals surface area contributed by atoms with Gasteiger partial charge in [-0.3, -0.25) is 0 Å². The van der Waals surface area contributed by atoms with Gasteiger partial charge in [0.1, 0.15) is 4.83 Å². The summed E-state index contributed by atoms with van der Waals surface area (Å²) in [7, 11) is 0. The third-order valence-corrected chi connectivity index (χ3v) is 4.12. The van der Waals surface area contributed by atoms with Gasteiger partial charge in [-0.05, 0) is 31.9 Å². The quantitative estimate of drug-likeness (QED) is 0.520. The van der Waals surface area contributed by atoms with Gasteiger partial charge in [0.15, 0.2) is 0 Å². The van der Waals surface area contributed by atoms with Crippen molar-refractivity contribution >= 4 is 37.4 Å².